The third-order valence-corrected chi connectivity index (χ3v) is 6.31. The van der Waals surface area contributed by atoms with Crippen LogP contribution in [-0.4, -0.2) is 36.3 Å². The number of amides is 3. The molecule has 1 aliphatic heterocycles. The number of urea groups is 1. The van der Waals surface area contributed by atoms with Crippen LogP contribution in [0, 0.1) is 12.7 Å². The van der Waals surface area contributed by atoms with Gasteiger partial charge in [0.25, 0.3) is 5.91 Å². The summed E-state index contributed by atoms with van der Waals surface area (Å²) in [6.45, 7) is 1.88. The number of aromatic nitrogens is 5. The van der Waals surface area contributed by atoms with Crippen molar-refractivity contribution in [1.82, 2.24) is 29.6 Å². The lowest BCUT2D eigenvalue weighted by atomic mass is 10.1. The van der Waals surface area contributed by atoms with Crippen molar-refractivity contribution in [2.75, 3.05) is 10.6 Å². The summed E-state index contributed by atoms with van der Waals surface area (Å²) in [7, 11) is 1.81. The molecule has 0 saturated heterocycles. The summed E-state index contributed by atoms with van der Waals surface area (Å²) in [5, 5.41) is 12.0. The lowest BCUT2D eigenvalue weighted by Crippen LogP contribution is -2.36. The van der Waals surface area contributed by atoms with Gasteiger partial charge in [-0.1, -0.05) is 6.07 Å². The van der Waals surface area contributed by atoms with Crippen LogP contribution in [0.15, 0.2) is 79.6 Å². The Labute approximate surface area is 227 Å². The molecule has 200 valence electrons. The minimum Gasteiger partial charge on any atom is -0.457 e. The number of hydrogen-bond acceptors (Lipinski definition) is 6. The molecule has 4 heterocycles. The van der Waals surface area contributed by atoms with E-state index in [-0.39, 0.29) is 11.4 Å². The molecule has 6 rings (SSSR count). The van der Waals surface area contributed by atoms with E-state index in [1.165, 1.54) is 12.1 Å². The zero-order valence-electron chi connectivity index (χ0n) is 21.4. The maximum Gasteiger partial charge on any atom is 0.320 e. The van der Waals surface area contributed by atoms with Crippen molar-refractivity contribution in [1.29, 1.82) is 0 Å². The molecular weight excluding hydrogens is 515 g/mol. The quantitative estimate of drug-likeness (QED) is 0.287. The van der Waals surface area contributed by atoms with Crippen molar-refractivity contribution in [3.8, 4) is 28.4 Å². The van der Waals surface area contributed by atoms with Crippen LogP contribution in [0.1, 0.15) is 17.3 Å². The first-order chi connectivity index (χ1) is 19.3. The molecule has 12 heteroatoms. The number of fused-ring (bicyclic) bond motifs is 1. The third kappa shape index (κ3) is 4.97. The van der Waals surface area contributed by atoms with Gasteiger partial charge in [-0.25, -0.2) is 14.2 Å². The molecule has 5 aromatic rings. The number of hydrogen-bond donors (Lipinski definition) is 3. The second-order valence-corrected chi connectivity index (χ2v) is 9.24. The smallest absolute Gasteiger partial charge is 0.320 e. The van der Waals surface area contributed by atoms with E-state index in [1.807, 2.05) is 37.0 Å². The number of nitrogens with zero attached hydrogens (tertiary/aromatic N) is 5. The van der Waals surface area contributed by atoms with Crippen LogP contribution in [-0.2, 0) is 11.8 Å². The van der Waals surface area contributed by atoms with Gasteiger partial charge in [-0.05, 0) is 37.3 Å². The minimum atomic E-state index is -0.931. The first kappa shape index (κ1) is 24.8. The van der Waals surface area contributed by atoms with E-state index in [4.69, 9.17) is 4.74 Å². The van der Waals surface area contributed by atoms with Gasteiger partial charge in [-0.3, -0.25) is 14.5 Å². The van der Waals surface area contributed by atoms with Crippen LogP contribution in [0.2, 0.25) is 0 Å². The average Bonchev–Trinajstić information content (AvgIpc) is 3.64. The molecule has 2 aromatic carbocycles. The van der Waals surface area contributed by atoms with E-state index < -0.39 is 23.8 Å². The first-order valence-corrected chi connectivity index (χ1v) is 12.3. The molecule has 0 bridgehead atoms. The van der Waals surface area contributed by atoms with Gasteiger partial charge in [0.2, 0.25) is 0 Å². The number of ether oxygens (including phenoxy) is 1. The number of carbonyl (C=O) groups excluding carboxylic acids is 2. The zero-order valence-corrected chi connectivity index (χ0v) is 21.4. The van der Waals surface area contributed by atoms with Gasteiger partial charge in [-0.2, -0.15) is 5.10 Å². The first-order valence-electron chi connectivity index (χ1n) is 12.3. The van der Waals surface area contributed by atoms with Crippen LogP contribution < -0.4 is 20.7 Å². The van der Waals surface area contributed by atoms with Gasteiger partial charge in [0, 0.05) is 60.3 Å². The van der Waals surface area contributed by atoms with Gasteiger partial charge in [0.1, 0.15) is 23.4 Å². The van der Waals surface area contributed by atoms with Crippen molar-refractivity contribution in [2.24, 2.45) is 7.05 Å². The molecule has 3 amide bonds. The van der Waals surface area contributed by atoms with Crippen LogP contribution in [0.3, 0.4) is 0 Å². The van der Waals surface area contributed by atoms with Crippen molar-refractivity contribution in [3.05, 3.63) is 96.7 Å². The molecule has 0 spiro atoms. The monoisotopic (exact) mass is 538 g/mol. The third-order valence-electron chi connectivity index (χ3n) is 6.31. The zero-order chi connectivity index (χ0) is 27.8. The Hall–Kier alpha value is -5.52. The number of imidazole rings is 1. The predicted molar refractivity (Wildman–Crippen MR) is 145 cm³/mol. The molecule has 40 heavy (non-hydrogen) atoms. The van der Waals surface area contributed by atoms with Gasteiger partial charge in [-0.15, -0.1) is 0 Å². The molecule has 3 N–H and O–H groups in total. The molecule has 1 aliphatic rings. The number of aryl methyl sites for hydroxylation is 2. The number of rotatable bonds is 6. The summed E-state index contributed by atoms with van der Waals surface area (Å²) in [4.78, 5) is 33.8. The molecule has 3 aromatic heterocycles. The molecule has 0 fully saturated rings. The Morgan fingerprint density at radius 1 is 1.07 bits per heavy atom. The van der Waals surface area contributed by atoms with E-state index in [9.17, 15) is 14.0 Å². The van der Waals surface area contributed by atoms with Crippen molar-refractivity contribution < 1.29 is 18.7 Å². The van der Waals surface area contributed by atoms with Crippen molar-refractivity contribution in [2.45, 2.75) is 13.0 Å². The Morgan fingerprint density at radius 2 is 1.93 bits per heavy atom. The summed E-state index contributed by atoms with van der Waals surface area (Å²) in [5.41, 5.74) is 4.26. The lowest BCUT2D eigenvalue weighted by molar-refractivity contribution is -0.117. The highest BCUT2D eigenvalue weighted by atomic mass is 19.1. The Kier molecular flexibility index (Phi) is 6.19. The van der Waals surface area contributed by atoms with E-state index in [2.05, 4.69) is 31.0 Å². The second-order valence-electron chi connectivity index (χ2n) is 9.24. The summed E-state index contributed by atoms with van der Waals surface area (Å²) < 4.78 is 24.2. The number of halogens is 1. The number of pyridine rings is 1. The Balaban J connectivity index is 1.11. The standard InChI is InChI=1S/C28H23FN8O3/c1-16-13-37(15-31-16)18-3-5-21-25(9-18)33-27(38)26(21)35-28(39)34-23-6-4-19(10-22(23)29)40-20-7-8-30-24(11-20)17-12-32-36(2)14-17/h3-15,26H,1-2H3,(H,33,38)(H2,34,35,39). The summed E-state index contributed by atoms with van der Waals surface area (Å²) in [6.07, 6.45) is 8.64. The fourth-order valence-electron chi connectivity index (χ4n) is 4.39. The van der Waals surface area contributed by atoms with Gasteiger partial charge in [0.15, 0.2) is 0 Å². The van der Waals surface area contributed by atoms with Crippen LogP contribution in [0.25, 0.3) is 16.9 Å². The molecule has 11 nitrogen and oxygen atoms in total. The average molecular weight is 539 g/mol. The lowest BCUT2D eigenvalue weighted by Gasteiger charge is -2.14. The normalized spacial score (nSPS) is 14.0. The largest absolute Gasteiger partial charge is 0.457 e. The molecular formula is C28H23FN8O3. The van der Waals surface area contributed by atoms with Crippen LogP contribution in [0.4, 0.5) is 20.6 Å². The Bertz CT molecular complexity index is 1760. The SMILES string of the molecule is Cc1cn(-c2ccc3c(c2)NC(=O)C3NC(=O)Nc2ccc(Oc3ccnc(-c4cnn(C)c4)c3)cc2F)cn1. The van der Waals surface area contributed by atoms with Crippen LogP contribution in [0.5, 0.6) is 11.5 Å². The highest BCUT2D eigenvalue weighted by molar-refractivity contribution is 6.05. The van der Waals surface area contributed by atoms with Gasteiger partial charge >= 0.3 is 6.03 Å². The molecule has 1 unspecified atom stereocenters. The molecule has 0 radical (unpaired) electrons. The van der Waals surface area contributed by atoms with Gasteiger partial charge < -0.3 is 25.3 Å². The summed E-state index contributed by atoms with van der Waals surface area (Å²) in [6, 6.07) is 11.2. The van der Waals surface area contributed by atoms with E-state index in [0.29, 0.717) is 22.7 Å². The highest BCUT2D eigenvalue weighted by Gasteiger charge is 2.32. The maximum atomic E-state index is 14.9. The predicted octanol–water partition coefficient (Wildman–Crippen LogP) is 4.72. The van der Waals surface area contributed by atoms with E-state index in [1.54, 1.807) is 47.7 Å². The van der Waals surface area contributed by atoms with Crippen molar-refractivity contribution >= 4 is 23.3 Å². The van der Waals surface area contributed by atoms with E-state index >= 15 is 0 Å². The summed E-state index contributed by atoms with van der Waals surface area (Å²) in [5.74, 6) is -0.397. The number of anilines is 2. The van der Waals surface area contributed by atoms with Crippen LogP contribution >= 0.6 is 0 Å². The number of benzene rings is 2. The minimum absolute atomic E-state index is 0.0694. The number of nitrogens with one attached hydrogen (secondary N) is 3. The van der Waals surface area contributed by atoms with Crippen molar-refractivity contribution in [3.63, 3.8) is 0 Å². The topological polar surface area (TPSA) is 128 Å². The number of carbonyl (C=O) groups is 2. The highest BCUT2D eigenvalue weighted by Crippen LogP contribution is 2.33. The van der Waals surface area contributed by atoms with E-state index in [0.717, 1.165) is 23.0 Å². The molecule has 0 aliphatic carbocycles. The Morgan fingerprint density at radius 3 is 2.67 bits per heavy atom. The fraction of sp³-hybridized carbons (Fsp3) is 0.107. The maximum absolute atomic E-state index is 14.9. The molecule has 0 saturated carbocycles. The van der Waals surface area contributed by atoms with Gasteiger partial charge in [0.05, 0.1) is 29.6 Å². The fourth-order valence-corrected chi connectivity index (χ4v) is 4.39. The second kappa shape index (κ2) is 9.98. The molecule has 1 atom stereocenters. The summed E-state index contributed by atoms with van der Waals surface area (Å²) >= 11 is 0.